The smallest absolute Gasteiger partial charge is 0.128 e. The Balaban J connectivity index is 1.88. The van der Waals surface area contributed by atoms with Gasteiger partial charge < -0.3 is 11.1 Å². The number of nitrogens with one attached hydrogen (secondary N) is 1. The topological polar surface area (TPSA) is 57.4 Å². The van der Waals surface area contributed by atoms with Gasteiger partial charge in [-0.2, -0.15) is 0 Å². The Kier molecular flexibility index (Phi) is 4.64. The fraction of sp³-hybridized carbons (Fsp3) is 0.667. The van der Waals surface area contributed by atoms with Gasteiger partial charge >= 0.3 is 0 Å². The Morgan fingerprint density at radius 1 is 1.43 bits per heavy atom. The van der Waals surface area contributed by atoms with Gasteiger partial charge in [0.25, 0.3) is 0 Å². The van der Waals surface area contributed by atoms with Gasteiger partial charge in [0.1, 0.15) is 5.82 Å². The zero-order valence-electron chi connectivity index (χ0n) is 12.6. The molecule has 3 fully saturated rings. The van der Waals surface area contributed by atoms with Crippen molar-refractivity contribution in [2.75, 3.05) is 45.0 Å². The van der Waals surface area contributed by atoms with Crippen molar-refractivity contribution in [2.45, 2.75) is 25.4 Å². The van der Waals surface area contributed by atoms with Gasteiger partial charge in [-0.15, -0.1) is 0 Å². The minimum absolute atomic E-state index is 0.194. The molecule has 0 spiro atoms. The Labute approximate surface area is 131 Å². The molecule has 0 saturated carbocycles. The van der Waals surface area contributed by atoms with Crippen LogP contribution in [0.3, 0.4) is 0 Å². The first kappa shape index (κ1) is 15.0. The van der Waals surface area contributed by atoms with Crippen molar-refractivity contribution < 1.29 is 0 Å². The molecule has 2 unspecified atom stereocenters. The molecule has 0 amide bonds. The van der Waals surface area contributed by atoms with Crippen molar-refractivity contribution in [1.29, 1.82) is 0 Å². The van der Waals surface area contributed by atoms with Crippen molar-refractivity contribution in [2.24, 2.45) is 0 Å². The summed E-state index contributed by atoms with van der Waals surface area (Å²) in [5, 5.41) is 4.31. The zero-order chi connectivity index (χ0) is 14.8. The van der Waals surface area contributed by atoms with Gasteiger partial charge in [0.05, 0.1) is 11.1 Å². The molecular formula is C15H24ClN5. The zero-order valence-corrected chi connectivity index (χ0v) is 13.3. The lowest BCUT2D eigenvalue weighted by molar-refractivity contribution is -0.00357. The molecule has 0 aliphatic carbocycles. The lowest BCUT2D eigenvalue weighted by atomic mass is 9.94. The van der Waals surface area contributed by atoms with Crippen LogP contribution in [-0.2, 0) is 0 Å². The van der Waals surface area contributed by atoms with Gasteiger partial charge in [0.15, 0.2) is 0 Å². The van der Waals surface area contributed by atoms with E-state index in [1.807, 2.05) is 6.07 Å². The van der Waals surface area contributed by atoms with Gasteiger partial charge in [-0.05, 0) is 19.0 Å². The van der Waals surface area contributed by atoms with E-state index in [2.05, 4.69) is 27.0 Å². The molecule has 116 valence electrons. The van der Waals surface area contributed by atoms with E-state index in [-0.39, 0.29) is 6.04 Å². The Morgan fingerprint density at radius 3 is 2.81 bits per heavy atom. The molecule has 3 saturated heterocycles. The fourth-order valence-electron chi connectivity index (χ4n) is 3.44. The van der Waals surface area contributed by atoms with Crippen LogP contribution in [0.2, 0.25) is 5.02 Å². The number of rotatable bonds is 5. The summed E-state index contributed by atoms with van der Waals surface area (Å²) in [5.41, 5.74) is 7.16. The first-order valence-corrected chi connectivity index (χ1v) is 8.17. The summed E-state index contributed by atoms with van der Waals surface area (Å²) in [5.74, 6) is 0.589. The highest BCUT2D eigenvalue weighted by Gasteiger charge is 2.37. The molecule has 5 nitrogen and oxygen atoms in total. The average molecular weight is 310 g/mol. The third-order valence-electron chi connectivity index (χ3n) is 4.57. The molecule has 0 aromatic carbocycles. The van der Waals surface area contributed by atoms with Crippen LogP contribution in [0.5, 0.6) is 0 Å². The predicted molar refractivity (Wildman–Crippen MR) is 86.5 cm³/mol. The van der Waals surface area contributed by atoms with Crippen LogP contribution in [-0.4, -0.2) is 60.1 Å². The highest BCUT2D eigenvalue weighted by atomic mass is 35.5. The van der Waals surface area contributed by atoms with Crippen LogP contribution >= 0.6 is 11.6 Å². The van der Waals surface area contributed by atoms with Crippen molar-refractivity contribution in [3.05, 3.63) is 22.8 Å². The molecule has 3 aliphatic heterocycles. The molecule has 0 radical (unpaired) electrons. The normalized spacial score (nSPS) is 29.5. The first-order chi connectivity index (χ1) is 10.2. The van der Waals surface area contributed by atoms with Crippen LogP contribution in [0.15, 0.2) is 12.3 Å². The molecule has 3 aliphatic rings. The number of fused-ring (bicyclic) bond motifs is 3. The number of halogens is 1. The van der Waals surface area contributed by atoms with Gasteiger partial charge in [0, 0.05) is 50.5 Å². The third-order valence-corrected chi connectivity index (χ3v) is 4.78. The second-order valence-corrected chi connectivity index (χ2v) is 6.40. The van der Waals surface area contributed by atoms with E-state index in [1.165, 1.54) is 13.1 Å². The van der Waals surface area contributed by atoms with E-state index in [9.17, 15) is 0 Å². The number of piperazine rings is 3. The average Bonchev–Trinajstić information content (AvgIpc) is 2.52. The number of hydrogen-bond acceptors (Lipinski definition) is 5. The summed E-state index contributed by atoms with van der Waals surface area (Å²) < 4.78 is 0. The van der Waals surface area contributed by atoms with Crippen LogP contribution in [0.4, 0.5) is 5.82 Å². The summed E-state index contributed by atoms with van der Waals surface area (Å²) in [6.45, 7) is 8.89. The maximum atomic E-state index is 6.14. The summed E-state index contributed by atoms with van der Waals surface area (Å²) in [7, 11) is 0. The molecule has 2 atom stereocenters. The predicted octanol–water partition coefficient (Wildman–Crippen LogP) is 1.36. The van der Waals surface area contributed by atoms with Crippen LogP contribution < -0.4 is 11.1 Å². The van der Waals surface area contributed by atoms with E-state index < -0.39 is 0 Å². The second-order valence-electron chi connectivity index (χ2n) is 5.96. The fourth-order valence-corrected chi connectivity index (χ4v) is 3.61. The summed E-state index contributed by atoms with van der Waals surface area (Å²) in [6, 6.07) is 2.61. The number of hydrogen-bond donors (Lipinski definition) is 2. The van der Waals surface area contributed by atoms with E-state index >= 15 is 0 Å². The van der Waals surface area contributed by atoms with Gasteiger partial charge in [-0.25, -0.2) is 4.98 Å². The van der Waals surface area contributed by atoms with E-state index in [0.717, 1.165) is 38.2 Å². The number of nitrogens with zero attached hydrogens (tertiary/aromatic N) is 3. The molecule has 3 N–H and O–H groups in total. The van der Waals surface area contributed by atoms with Crippen molar-refractivity contribution >= 4 is 17.4 Å². The van der Waals surface area contributed by atoms with E-state index in [0.29, 0.717) is 16.9 Å². The lowest BCUT2D eigenvalue weighted by Crippen LogP contribution is -2.64. The number of aromatic nitrogens is 1. The van der Waals surface area contributed by atoms with Gasteiger partial charge in [-0.3, -0.25) is 9.80 Å². The number of nitrogen functional groups attached to an aromatic ring is 1. The quantitative estimate of drug-likeness (QED) is 0.860. The van der Waals surface area contributed by atoms with Gasteiger partial charge in [0.2, 0.25) is 0 Å². The summed E-state index contributed by atoms with van der Waals surface area (Å²) >= 11 is 6.14. The lowest BCUT2D eigenvalue weighted by Gasteiger charge is -2.50. The Hall–Kier alpha value is -0.880. The molecular weight excluding hydrogens is 286 g/mol. The monoisotopic (exact) mass is 309 g/mol. The molecule has 1 aromatic heterocycles. The highest BCUT2D eigenvalue weighted by Crippen LogP contribution is 2.31. The van der Waals surface area contributed by atoms with Crippen molar-refractivity contribution in [3.63, 3.8) is 0 Å². The Bertz CT molecular complexity index is 487. The van der Waals surface area contributed by atoms with Gasteiger partial charge in [-0.1, -0.05) is 18.5 Å². The maximum Gasteiger partial charge on any atom is 0.128 e. The molecule has 4 heterocycles. The van der Waals surface area contributed by atoms with Crippen LogP contribution in [0.1, 0.15) is 24.9 Å². The molecule has 21 heavy (non-hydrogen) atoms. The first-order valence-electron chi connectivity index (χ1n) is 7.79. The molecule has 6 heteroatoms. The minimum atomic E-state index is 0.194. The standard InChI is InChI=1S/C15H24ClN5/c1-2-3-18-14(12-8-11(16)9-19-15(12)17)13-10-20-4-6-21(13)7-5-20/h8-9,13-14,18H,2-7,10H2,1H3,(H2,17,19). The molecule has 2 bridgehead atoms. The van der Waals surface area contributed by atoms with E-state index in [1.54, 1.807) is 6.20 Å². The largest absolute Gasteiger partial charge is 0.383 e. The highest BCUT2D eigenvalue weighted by molar-refractivity contribution is 6.30. The van der Waals surface area contributed by atoms with Crippen LogP contribution in [0, 0.1) is 0 Å². The second kappa shape index (κ2) is 6.48. The molecule has 4 rings (SSSR count). The third kappa shape index (κ3) is 3.16. The number of pyridine rings is 1. The summed E-state index contributed by atoms with van der Waals surface area (Å²) in [6.07, 6.45) is 2.72. The molecule has 1 aromatic rings. The number of anilines is 1. The minimum Gasteiger partial charge on any atom is -0.383 e. The summed E-state index contributed by atoms with van der Waals surface area (Å²) in [4.78, 5) is 9.36. The van der Waals surface area contributed by atoms with E-state index in [4.69, 9.17) is 17.3 Å². The Morgan fingerprint density at radius 2 is 2.19 bits per heavy atom. The number of nitrogens with two attached hydrogens (primary N) is 1. The SMILES string of the molecule is CCCNC(c1cc(Cl)cnc1N)C1CN2CCN1CC2. The van der Waals surface area contributed by atoms with Crippen LogP contribution in [0.25, 0.3) is 0 Å². The van der Waals surface area contributed by atoms with Crippen molar-refractivity contribution in [3.8, 4) is 0 Å². The maximum absolute atomic E-state index is 6.14. The van der Waals surface area contributed by atoms with Crippen molar-refractivity contribution in [1.82, 2.24) is 20.1 Å².